The molecule has 1 aromatic heterocycles. The minimum Gasteiger partial charge on any atom is -0.489 e. The third kappa shape index (κ3) is 3.42. The van der Waals surface area contributed by atoms with Crippen molar-refractivity contribution in [3.63, 3.8) is 0 Å². The molecule has 3 rings (SSSR count). The lowest BCUT2D eigenvalue weighted by molar-refractivity contribution is -0.122. The van der Waals surface area contributed by atoms with Crippen LogP contribution >= 0.6 is 0 Å². The summed E-state index contributed by atoms with van der Waals surface area (Å²) in [5, 5.41) is 2.99. The molecule has 0 radical (unpaired) electrons. The number of nitrogens with one attached hydrogen (secondary N) is 1. The second-order valence-corrected chi connectivity index (χ2v) is 6.78. The monoisotopic (exact) mass is 347 g/mol. The Bertz CT molecular complexity index is 844. The van der Waals surface area contributed by atoms with E-state index in [4.69, 9.17) is 9.47 Å². The van der Waals surface area contributed by atoms with Gasteiger partial charge >= 0.3 is 5.69 Å². The number of imidazole rings is 1. The summed E-state index contributed by atoms with van der Waals surface area (Å²) in [6.45, 7) is 5.08. The molecular formula is C18H25N3O4. The average Bonchev–Trinajstić information content (AvgIpc) is 2.80. The van der Waals surface area contributed by atoms with E-state index in [1.54, 1.807) is 23.2 Å². The van der Waals surface area contributed by atoms with Crippen LogP contribution in [0.15, 0.2) is 16.9 Å². The smallest absolute Gasteiger partial charge is 0.328 e. The van der Waals surface area contributed by atoms with Crippen molar-refractivity contribution in [1.82, 2.24) is 9.13 Å². The first-order chi connectivity index (χ1) is 11.9. The van der Waals surface area contributed by atoms with Crippen molar-refractivity contribution in [3.05, 3.63) is 22.6 Å². The zero-order valence-corrected chi connectivity index (χ0v) is 15.2. The number of rotatable bonds is 4. The molecule has 136 valence electrons. The number of nitrogens with zero attached hydrogens (tertiary/aromatic N) is 2. The van der Waals surface area contributed by atoms with E-state index >= 15 is 0 Å². The Morgan fingerprint density at radius 2 is 1.80 bits per heavy atom. The molecular weight excluding hydrogens is 322 g/mol. The molecule has 1 N–H and O–H groups in total. The van der Waals surface area contributed by atoms with E-state index in [9.17, 15) is 9.59 Å². The predicted molar refractivity (Wildman–Crippen MR) is 96.1 cm³/mol. The Balaban J connectivity index is 2.00. The van der Waals surface area contributed by atoms with Crippen LogP contribution in [0.3, 0.4) is 0 Å². The summed E-state index contributed by atoms with van der Waals surface area (Å²) in [6, 6.07) is 3.63. The van der Waals surface area contributed by atoms with Crippen molar-refractivity contribution in [1.29, 1.82) is 0 Å². The van der Waals surface area contributed by atoms with E-state index in [1.165, 1.54) is 0 Å². The highest BCUT2D eigenvalue weighted by atomic mass is 16.5. The van der Waals surface area contributed by atoms with Crippen LogP contribution < -0.4 is 15.7 Å². The molecule has 7 heteroatoms. The number of hydrogen-bond donors (Lipinski definition) is 1. The molecule has 0 unspecified atom stereocenters. The minimum absolute atomic E-state index is 0.0304. The molecule has 1 saturated heterocycles. The van der Waals surface area contributed by atoms with Crippen LogP contribution in [-0.2, 0) is 23.6 Å². The number of hydrogen-bond acceptors (Lipinski definition) is 4. The fourth-order valence-corrected chi connectivity index (χ4v) is 3.17. The lowest BCUT2D eigenvalue weighted by Crippen LogP contribution is -2.28. The summed E-state index contributed by atoms with van der Waals surface area (Å²) in [6.07, 6.45) is 1.40. The lowest BCUT2D eigenvalue weighted by atomic mass is 9.99. The van der Waals surface area contributed by atoms with Crippen molar-refractivity contribution in [2.75, 3.05) is 18.5 Å². The number of aryl methyl sites for hydroxylation is 2. The number of benzene rings is 1. The molecule has 2 heterocycles. The quantitative estimate of drug-likeness (QED) is 0.918. The molecule has 0 atom stereocenters. The van der Waals surface area contributed by atoms with Crippen LogP contribution in [0, 0.1) is 5.92 Å². The molecule has 7 nitrogen and oxygen atoms in total. The zero-order valence-electron chi connectivity index (χ0n) is 15.2. The van der Waals surface area contributed by atoms with Crippen molar-refractivity contribution in [2.45, 2.75) is 32.8 Å². The number of ether oxygens (including phenoxy) is 2. The second-order valence-electron chi connectivity index (χ2n) is 6.78. The number of amides is 1. The van der Waals surface area contributed by atoms with E-state index in [2.05, 4.69) is 5.32 Å². The maximum atomic E-state index is 12.6. The molecule has 1 aliphatic rings. The van der Waals surface area contributed by atoms with Crippen LogP contribution in [0.1, 0.15) is 26.7 Å². The third-order valence-corrected chi connectivity index (χ3v) is 4.59. The van der Waals surface area contributed by atoms with Gasteiger partial charge in [-0.2, -0.15) is 0 Å². The third-order valence-electron chi connectivity index (χ3n) is 4.59. The number of anilines is 1. The summed E-state index contributed by atoms with van der Waals surface area (Å²) in [7, 11) is 3.45. The zero-order chi connectivity index (χ0) is 18.1. The highest BCUT2D eigenvalue weighted by Crippen LogP contribution is 2.31. The highest BCUT2D eigenvalue weighted by molar-refractivity contribution is 5.96. The molecule has 1 fully saturated rings. The SMILES string of the molecule is CC(C)Oc1cc2c(cc1NC(=O)C1CCOCC1)n(C)c(=O)n2C. The molecule has 2 aromatic rings. The minimum atomic E-state index is -0.113. The van der Waals surface area contributed by atoms with Crippen molar-refractivity contribution in [2.24, 2.45) is 20.0 Å². The number of fused-ring (bicyclic) bond motifs is 1. The molecule has 1 aliphatic heterocycles. The van der Waals surface area contributed by atoms with E-state index in [-0.39, 0.29) is 23.6 Å². The molecule has 1 aromatic carbocycles. The molecule has 0 aliphatic carbocycles. The van der Waals surface area contributed by atoms with Gasteiger partial charge in [-0.1, -0.05) is 0 Å². The Hall–Kier alpha value is -2.28. The van der Waals surface area contributed by atoms with Crippen LogP contribution in [0.4, 0.5) is 5.69 Å². The van der Waals surface area contributed by atoms with Gasteiger partial charge in [-0.3, -0.25) is 13.9 Å². The number of aromatic nitrogens is 2. The Labute approximate surface area is 146 Å². The maximum Gasteiger partial charge on any atom is 0.328 e. The molecule has 0 saturated carbocycles. The van der Waals surface area contributed by atoms with E-state index in [1.807, 2.05) is 26.0 Å². The van der Waals surface area contributed by atoms with E-state index in [0.29, 0.717) is 24.7 Å². The Morgan fingerprint density at radius 3 is 2.40 bits per heavy atom. The summed E-state index contributed by atoms with van der Waals surface area (Å²) < 4.78 is 14.3. The van der Waals surface area contributed by atoms with Crippen molar-refractivity contribution < 1.29 is 14.3 Å². The first-order valence-corrected chi connectivity index (χ1v) is 8.63. The van der Waals surface area contributed by atoms with Gasteiger partial charge in [0.2, 0.25) is 5.91 Å². The molecule has 0 spiro atoms. The lowest BCUT2D eigenvalue weighted by Gasteiger charge is -2.22. The largest absolute Gasteiger partial charge is 0.489 e. The van der Waals surface area contributed by atoms with Gasteiger partial charge in [0.15, 0.2) is 0 Å². The predicted octanol–water partition coefficient (Wildman–Crippen LogP) is 2.03. The van der Waals surface area contributed by atoms with Gasteiger partial charge in [0.25, 0.3) is 0 Å². The van der Waals surface area contributed by atoms with Crippen LogP contribution in [0.2, 0.25) is 0 Å². The first-order valence-electron chi connectivity index (χ1n) is 8.63. The first kappa shape index (κ1) is 17.5. The number of carbonyl (C=O) groups is 1. The topological polar surface area (TPSA) is 74.5 Å². The van der Waals surface area contributed by atoms with Gasteiger partial charge in [0.1, 0.15) is 5.75 Å². The summed E-state index contributed by atoms with van der Waals surface area (Å²) >= 11 is 0. The van der Waals surface area contributed by atoms with Gasteiger partial charge < -0.3 is 14.8 Å². The second kappa shape index (κ2) is 6.92. The van der Waals surface area contributed by atoms with Gasteiger partial charge in [0, 0.05) is 39.3 Å². The molecule has 25 heavy (non-hydrogen) atoms. The Morgan fingerprint density at radius 1 is 1.20 bits per heavy atom. The normalized spacial score (nSPS) is 15.7. The van der Waals surface area contributed by atoms with E-state index < -0.39 is 0 Å². The van der Waals surface area contributed by atoms with Gasteiger partial charge in [-0.15, -0.1) is 0 Å². The molecule has 0 bridgehead atoms. The number of carbonyl (C=O) groups excluding carboxylic acids is 1. The fraction of sp³-hybridized carbons (Fsp3) is 0.556. The van der Waals surface area contributed by atoms with Crippen molar-refractivity contribution >= 4 is 22.6 Å². The fourth-order valence-electron chi connectivity index (χ4n) is 3.17. The van der Waals surface area contributed by atoms with E-state index in [0.717, 1.165) is 23.9 Å². The molecule has 1 amide bonds. The summed E-state index contributed by atoms with van der Waals surface area (Å²) in [4.78, 5) is 24.8. The van der Waals surface area contributed by atoms with Crippen LogP contribution in [-0.4, -0.2) is 34.4 Å². The maximum absolute atomic E-state index is 12.6. The average molecular weight is 347 g/mol. The van der Waals surface area contributed by atoms with Gasteiger partial charge in [-0.05, 0) is 32.8 Å². The van der Waals surface area contributed by atoms with Gasteiger partial charge in [-0.25, -0.2) is 4.79 Å². The standard InChI is InChI=1S/C18H25N3O4/c1-11(2)25-16-10-15-14(20(3)18(23)21(15)4)9-13(16)19-17(22)12-5-7-24-8-6-12/h9-12H,5-8H2,1-4H3,(H,19,22). The van der Waals surface area contributed by atoms with Crippen LogP contribution in [0.5, 0.6) is 5.75 Å². The summed E-state index contributed by atoms with van der Waals surface area (Å²) in [5.74, 6) is 0.484. The highest BCUT2D eigenvalue weighted by Gasteiger charge is 2.23. The van der Waals surface area contributed by atoms with Crippen LogP contribution in [0.25, 0.3) is 11.0 Å². The van der Waals surface area contributed by atoms with Crippen molar-refractivity contribution in [3.8, 4) is 5.75 Å². The van der Waals surface area contributed by atoms with Gasteiger partial charge in [0.05, 0.1) is 22.8 Å². The summed E-state index contributed by atoms with van der Waals surface area (Å²) in [5.41, 5.74) is 2.01. The Kier molecular flexibility index (Phi) is 4.85.